The summed E-state index contributed by atoms with van der Waals surface area (Å²) in [7, 11) is 0. The van der Waals surface area contributed by atoms with Crippen molar-refractivity contribution >= 4 is 29.0 Å². The lowest BCUT2D eigenvalue weighted by molar-refractivity contribution is 0.0696. The van der Waals surface area contributed by atoms with Gasteiger partial charge in [0.2, 0.25) is 0 Å². The van der Waals surface area contributed by atoms with Crippen LogP contribution in [0.5, 0.6) is 0 Å². The molecule has 5 rings (SSSR count). The molecule has 5 nitrogen and oxygen atoms in total. The number of halogens is 1. The Labute approximate surface area is 180 Å². The number of carboxylic acids is 1. The Kier molecular flexibility index (Phi) is 4.75. The number of hydrogen-bond acceptors (Lipinski definition) is 4. The zero-order valence-corrected chi connectivity index (χ0v) is 17.3. The number of nitrogens with zero attached hydrogens (tertiary/aromatic N) is 3. The van der Waals surface area contributed by atoms with Crippen molar-refractivity contribution in [2.24, 2.45) is 16.9 Å². The summed E-state index contributed by atoms with van der Waals surface area (Å²) in [6, 6.07) is 13.3. The van der Waals surface area contributed by atoms with Crippen molar-refractivity contribution in [3.8, 4) is 6.07 Å². The van der Waals surface area contributed by atoms with E-state index in [4.69, 9.17) is 16.7 Å². The molecule has 1 aliphatic heterocycles. The molecule has 1 unspecified atom stereocenters. The second kappa shape index (κ2) is 7.45. The number of anilines is 1. The predicted molar refractivity (Wildman–Crippen MR) is 116 cm³/mol. The zero-order valence-electron chi connectivity index (χ0n) is 16.5. The van der Waals surface area contributed by atoms with E-state index in [0.29, 0.717) is 28.0 Å². The highest BCUT2D eigenvalue weighted by Crippen LogP contribution is 2.45. The fourth-order valence-electron chi connectivity index (χ4n) is 5.44. The van der Waals surface area contributed by atoms with Gasteiger partial charge in [-0.25, -0.2) is 4.79 Å². The van der Waals surface area contributed by atoms with Gasteiger partial charge < -0.3 is 5.11 Å². The number of aryl methyl sites for hydroxylation is 1. The Morgan fingerprint density at radius 2 is 1.97 bits per heavy atom. The molecule has 0 radical (unpaired) electrons. The molecule has 0 bridgehead atoms. The fourth-order valence-corrected chi connectivity index (χ4v) is 5.66. The first kappa shape index (κ1) is 19.1. The van der Waals surface area contributed by atoms with Crippen LogP contribution in [0.4, 0.5) is 5.69 Å². The normalized spacial score (nSPS) is 22.9. The summed E-state index contributed by atoms with van der Waals surface area (Å²) < 4.78 is 0. The van der Waals surface area contributed by atoms with Crippen molar-refractivity contribution < 1.29 is 9.90 Å². The second-order valence-electron chi connectivity index (χ2n) is 8.46. The Morgan fingerprint density at radius 3 is 2.67 bits per heavy atom. The van der Waals surface area contributed by atoms with E-state index < -0.39 is 5.97 Å². The van der Waals surface area contributed by atoms with E-state index in [1.807, 2.05) is 18.2 Å². The minimum atomic E-state index is -0.897. The van der Waals surface area contributed by atoms with E-state index in [1.54, 1.807) is 18.2 Å². The van der Waals surface area contributed by atoms with E-state index in [0.717, 1.165) is 35.4 Å². The van der Waals surface area contributed by atoms with Gasteiger partial charge in [-0.3, -0.25) is 5.01 Å². The average Bonchev–Trinajstić information content (AvgIpc) is 3.40. The maximum absolute atomic E-state index is 11.4. The lowest BCUT2D eigenvalue weighted by atomic mass is 9.75. The lowest BCUT2D eigenvalue weighted by Crippen LogP contribution is -2.40. The molecule has 0 spiro atoms. The third kappa shape index (κ3) is 3.07. The maximum atomic E-state index is 11.4. The number of nitriles is 1. The van der Waals surface area contributed by atoms with Gasteiger partial charge in [-0.2, -0.15) is 10.4 Å². The number of rotatable bonds is 3. The summed E-state index contributed by atoms with van der Waals surface area (Å²) >= 11 is 6.34. The van der Waals surface area contributed by atoms with Crippen molar-refractivity contribution in [2.45, 2.75) is 44.6 Å². The molecular weight excluding hydrogens is 398 g/mol. The Hall–Kier alpha value is -2.84. The van der Waals surface area contributed by atoms with Crippen LogP contribution in [-0.4, -0.2) is 22.8 Å². The van der Waals surface area contributed by atoms with Crippen LogP contribution in [0.25, 0.3) is 0 Å². The minimum Gasteiger partial charge on any atom is -0.478 e. The molecule has 2 aliphatic carbocycles. The van der Waals surface area contributed by atoms with Gasteiger partial charge >= 0.3 is 5.97 Å². The smallest absolute Gasteiger partial charge is 0.335 e. The largest absolute Gasteiger partial charge is 0.478 e. The van der Waals surface area contributed by atoms with E-state index in [1.165, 1.54) is 25.7 Å². The fraction of sp³-hybridized carbons (Fsp3) is 0.375. The first-order valence-corrected chi connectivity index (χ1v) is 10.9. The number of benzene rings is 2. The highest BCUT2D eigenvalue weighted by molar-refractivity contribution is 6.32. The Morgan fingerprint density at radius 1 is 1.17 bits per heavy atom. The number of fused-ring (bicyclic) bond motifs is 3. The van der Waals surface area contributed by atoms with Crippen molar-refractivity contribution in [3.05, 3.63) is 63.7 Å². The van der Waals surface area contributed by atoms with Crippen LogP contribution in [0, 0.1) is 23.2 Å². The molecular formula is C24H22ClN3O2. The van der Waals surface area contributed by atoms with E-state index in [2.05, 4.69) is 11.1 Å². The molecule has 6 heteroatoms. The average molecular weight is 420 g/mol. The van der Waals surface area contributed by atoms with Crippen LogP contribution < -0.4 is 5.01 Å². The van der Waals surface area contributed by atoms with E-state index >= 15 is 0 Å². The van der Waals surface area contributed by atoms with Gasteiger partial charge in [0.05, 0.1) is 33.6 Å². The molecule has 1 fully saturated rings. The molecule has 0 aromatic heterocycles. The highest BCUT2D eigenvalue weighted by Gasteiger charge is 2.45. The number of carboxylic acid groups (broad SMARTS) is 1. The molecule has 152 valence electrons. The third-order valence-corrected chi connectivity index (χ3v) is 7.15. The van der Waals surface area contributed by atoms with Crippen LogP contribution in [0.3, 0.4) is 0 Å². The van der Waals surface area contributed by atoms with Crippen LogP contribution >= 0.6 is 11.6 Å². The van der Waals surface area contributed by atoms with Gasteiger partial charge in [0, 0.05) is 11.5 Å². The van der Waals surface area contributed by atoms with Gasteiger partial charge in [-0.05, 0) is 67.5 Å². The van der Waals surface area contributed by atoms with Crippen LogP contribution in [-0.2, 0) is 6.42 Å². The summed E-state index contributed by atoms with van der Waals surface area (Å²) in [6.07, 6.45) is 6.75. The Balaban J connectivity index is 1.59. The number of hydrogen-bond donors (Lipinski definition) is 1. The first-order chi connectivity index (χ1) is 14.6. The maximum Gasteiger partial charge on any atom is 0.335 e. The molecule has 1 heterocycles. The zero-order chi connectivity index (χ0) is 20.8. The number of carbonyl (C=O) groups is 1. The van der Waals surface area contributed by atoms with Gasteiger partial charge in [0.25, 0.3) is 0 Å². The SMILES string of the molecule is N#Cc1ccc(N2N=C3c4ccc(C(=O)O)cc4CCC3[C@@H]2C2CCCC2)cc1Cl. The molecule has 0 amide bonds. The summed E-state index contributed by atoms with van der Waals surface area (Å²) in [4.78, 5) is 11.4. The van der Waals surface area contributed by atoms with Crippen molar-refractivity contribution in [2.75, 3.05) is 5.01 Å². The van der Waals surface area contributed by atoms with Crippen LogP contribution in [0.15, 0.2) is 41.5 Å². The molecule has 0 saturated heterocycles. The van der Waals surface area contributed by atoms with Crippen LogP contribution in [0.2, 0.25) is 5.02 Å². The first-order valence-electron chi connectivity index (χ1n) is 10.5. The van der Waals surface area contributed by atoms with Gasteiger partial charge in [-0.1, -0.05) is 30.5 Å². The van der Waals surface area contributed by atoms with Gasteiger partial charge in [0.1, 0.15) is 6.07 Å². The lowest BCUT2D eigenvalue weighted by Gasteiger charge is -2.34. The van der Waals surface area contributed by atoms with Crippen molar-refractivity contribution in [1.29, 1.82) is 5.26 Å². The summed E-state index contributed by atoms with van der Waals surface area (Å²) in [5.74, 6) is 0.00201. The molecule has 2 aromatic carbocycles. The minimum absolute atomic E-state index is 0.277. The molecule has 2 aromatic rings. The van der Waals surface area contributed by atoms with Crippen molar-refractivity contribution in [3.63, 3.8) is 0 Å². The molecule has 1 N–H and O–H groups in total. The van der Waals surface area contributed by atoms with Gasteiger partial charge in [-0.15, -0.1) is 0 Å². The number of aromatic carboxylic acids is 1. The summed E-state index contributed by atoms with van der Waals surface area (Å²) in [6.45, 7) is 0. The topological polar surface area (TPSA) is 76.7 Å². The Bertz CT molecular complexity index is 1100. The van der Waals surface area contributed by atoms with E-state index in [-0.39, 0.29) is 6.04 Å². The molecule has 2 atom stereocenters. The summed E-state index contributed by atoms with van der Waals surface area (Å²) in [5.41, 5.74) is 4.91. The molecule has 30 heavy (non-hydrogen) atoms. The standard InChI is InChI=1S/C24H22ClN3O2/c25-21-12-18(8-5-17(21)13-26)28-23(14-3-1-2-4-14)20-10-6-15-11-16(24(29)30)7-9-19(15)22(20)27-28/h5,7-9,11-12,14,20,23H,1-4,6,10H2,(H,29,30)/t20?,23-/m0/s1. The highest BCUT2D eigenvalue weighted by atomic mass is 35.5. The van der Waals surface area contributed by atoms with Gasteiger partial charge in [0.15, 0.2) is 0 Å². The van der Waals surface area contributed by atoms with E-state index in [9.17, 15) is 15.2 Å². The summed E-state index contributed by atoms with van der Waals surface area (Å²) in [5, 5.41) is 26.2. The monoisotopic (exact) mass is 419 g/mol. The van der Waals surface area contributed by atoms with Crippen LogP contribution in [0.1, 0.15) is 59.2 Å². The molecule has 3 aliphatic rings. The third-order valence-electron chi connectivity index (χ3n) is 6.83. The molecule has 1 saturated carbocycles. The predicted octanol–water partition coefficient (Wildman–Crippen LogP) is 5.26. The van der Waals surface area contributed by atoms with Crippen molar-refractivity contribution in [1.82, 2.24) is 0 Å². The second-order valence-corrected chi connectivity index (χ2v) is 8.87. The quantitative estimate of drug-likeness (QED) is 0.736. The number of hydrazone groups is 1.